The van der Waals surface area contributed by atoms with Gasteiger partial charge in [0.05, 0.1) is 5.69 Å². The molecule has 4 nitrogen and oxygen atoms in total. The van der Waals surface area contributed by atoms with E-state index >= 15 is 0 Å². The lowest BCUT2D eigenvalue weighted by atomic mass is 10.2. The average molecular weight is 342 g/mol. The Hall–Kier alpha value is -1.33. The van der Waals surface area contributed by atoms with Crippen molar-refractivity contribution >= 4 is 45.0 Å². The fourth-order valence-electron chi connectivity index (χ4n) is 1.55. The summed E-state index contributed by atoms with van der Waals surface area (Å²) in [5.74, 6) is 1.31. The Morgan fingerprint density at radius 2 is 2.16 bits per heavy atom. The summed E-state index contributed by atoms with van der Waals surface area (Å²) >= 11 is 9.63. The molecule has 19 heavy (non-hydrogen) atoms. The number of nitrogens with one attached hydrogen (secondary N) is 2. The van der Waals surface area contributed by atoms with Crippen molar-refractivity contribution < 1.29 is 0 Å². The summed E-state index contributed by atoms with van der Waals surface area (Å²) in [7, 11) is 0. The third-order valence-corrected chi connectivity index (χ3v) is 3.56. The molecular formula is C13H14BrClN4. The second kappa shape index (κ2) is 6.21. The Labute approximate surface area is 125 Å². The third-order valence-electron chi connectivity index (χ3n) is 2.50. The molecule has 2 N–H and O–H groups in total. The molecule has 0 aliphatic carbocycles. The Balaban J connectivity index is 2.25. The highest BCUT2D eigenvalue weighted by Crippen LogP contribution is 2.30. The van der Waals surface area contributed by atoms with Crippen LogP contribution in [0.2, 0.25) is 5.02 Å². The van der Waals surface area contributed by atoms with Gasteiger partial charge >= 0.3 is 0 Å². The monoisotopic (exact) mass is 340 g/mol. The second-order valence-corrected chi connectivity index (χ2v) is 5.26. The summed E-state index contributed by atoms with van der Waals surface area (Å²) < 4.78 is 0.943. The SMILES string of the molecule is CCNc1nccc(Nc2cc(Cl)c(C)cc2Br)n1. The van der Waals surface area contributed by atoms with Crippen LogP contribution in [0.5, 0.6) is 0 Å². The van der Waals surface area contributed by atoms with Crippen molar-refractivity contribution in [3.63, 3.8) is 0 Å². The number of halogens is 2. The summed E-state index contributed by atoms with van der Waals surface area (Å²) in [4.78, 5) is 8.48. The maximum atomic E-state index is 6.13. The number of aromatic nitrogens is 2. The topological polar surface area (TPSA) is 49.8 Å². The van der Waals surface area contributed by atoms with Crippen molar-refractivity contribution in [1.82, 2.24) is 9.97 Å². The number of anilines is 3. The van der Waals surface area contributed by atoms with Crippen LogP contribution >= 0.6 is 27.5 Å². The molecule has 0 saturated heterocycles. The molecule has 0 unspecified atom stereocenters. The molecule has 1 aromatic carbocycles. The molecular weight excluding hydrogens is 328 g/mol. The van der Waals surface area contributed by atoms with Gasteiger partial charge in [-0.2, -0.15) is 4.98 Å². The molecule has 1 heterocycles. The largest absolute Gasteiger partial charge is 0.354 e. The molecule has 6 heteroatoms. The van der Waals surface area contributed by atoms with E-state index in [1.54, 1.807) is 12.3 Å². The molecule has 0 amide bonds. The first-order valence-corrected chi connectivity index (χ1v) is 7.07. The highest BCUT2D eigenvalue weighted by molar-refractivity contribution is 9.10. The third kappa shape index (κ3) is 3.58. The van der Waals surface area contributed by atoms with Gasteiger partial charge in [0, 0.05) is 22.2 Å². The van der Waals surface area contributed by atoms with Crippen LogP contribution in [-0.4, -0.2) is 16.5 Å². The molecule has 0 aliphatic rings. The zero-order valence-corrected chi connectivity index (χ0v) is 13.0. The fourth-order valence-corrected chi connectivity index (χ4v) is 2.27. The molecule has 0 atom stereocenters. The zero-order valence-electron chi connectivity index (χ0n) is 10.7. The number of hydrogen-bond donors (Lipinski definition) is 2. The lowest BCUT2D eigenvalue weighted by Crippen LogP contribution is -2.03. The van der Waals surface area contributed by atoms with E-state index in [2.05, 4.69) is 36.5 Å². The van der Waals surface area contributed by atoms with E-state index in [0.29, 0.717) is 16.8 Å². The Kier molecular flexibility index (Phi) is 4.61. The smallest absolute Gasteiger partial charge is 0.224 e. The van der Waals surface area contributed by atoms with Gasteiger partial charge in [0.1, 0.15) is 5.82 Å². The first kappa shape index (κ1) is 14.1. The molecule has 2 rings (SSSR count). The molecule has 0 saturated carbocycles. The molecule has 100 valence electrons. The van der Waals surface area contributed by atoms with Gasteiger partial charge in [-0.1, -0.05) is 11.6 Å². The van der Waals surface area contributed by atoms with Crippen LogP contribution in [0.1, 0.15) is 12.5 Å². The maximum Gasteiger partial charge on any atom is 0.224 e. The van der Waals surface area contributed by atoms with E-state index in [1.807, 2.05) is 26.0 Å². The fraction of sp³-hybridized carbons (Fsp3) is 0.231. The van der Waals surface area contributed by atoms with Crippen LogP contribution in [0.15, 0.2) is 28.9 Å². The second-order valence-electron chi connectivity index (χ2n) is 4.00. The summed E-state index contributed by atoms with van der Waals surface area (Å²) in [6, 6.07) is 5.65. The number of aryl methyl sites for hydroxylation is 1. The van der Waals surface area contributed by atoms with Crippen molar-refractivity contribution in [1.29, 1.82) is 0 Å². The van der Waals surface area contributed by atoms with Crippen LogP contribution < -0.4 is 10.6 Å². The van der Waals surface area contributed by atoms with Crippen molar-refractivity contribution in [3.05, 3.63) is 39.5 Å². The lowest BCUT2D eigenvalue weighted by molar-refractivity contribution is 1.09. The van der Waals surface area contributed by atoms with Gasteiger partial charge in [-0.25, -0.2) is 4.98 Å². The average Bonchev–Trinajstić information content (AvgIpc) is 2.37. The molecule has 0 spiro atoms. The van der Waals surface area contributed by atoms with Gasteiger partial charge in [-0.15, -0.1) is 0 Å². The van der Waals surface area contributed by atoms with E-state index in [1.165, 1.54) is 0 Å². The number of nitrogens with zero attached hydrogens (tertiary/aromatic N) is 2. The Morgan fingerprint density at radius 1 is 1.37 bits per heavy atom. The van der Waals surface area contributed by atoms with Gasteiger partial charge in [0.2, 0.25) is 5.95 Å². The summed E-state index contributed by atoms with van der Waals surface area (Å²) in [6.07, 6.45) is 1.71. The zero-order chi connectivity index (χ0) is 13.8. The highest BCUT2D eigenvalue weighted by Gasteiger charge is 2.06. The first-order valence-electron chi connectivity index (χ1n) is 5.89. The molecule has 2 aromatic rings. The van der Waals surface area contributed by atoms with Crippen molar-refractivity contribution in [2.45, 2.75) is 13.8 Å². The van der Waals surface area contributed by atoms with Gasteiger partial charge < -0.3 is 10.6 Å². The molecule has 0 bridgehead atoms. The predicted molar refractivity (Wildman–Crippen MR) is 83.4 cm³/mol. The number of benzene rings is 1. The Bertz CT molecular complexity index is 589. The standard InChI is InChI=1S/C13H14BrClN4/c1-3-16-13-17-5-4-12(19-13)18-11-7-10(15)8(2)6-9(11)14/h4-7H,3H2,1-2H3,(H2,16,17,18,19). The van der Waals surface area contributed by atoms with Crippen LogP contribution in [0, 0.1) is 6.92 Å². The predicted octanol–water partition coefficient (Wildman–Crippen LogP) is 4.38. The van der Waals surface area contributed by atoms with Crippen molar-refractivity contribution in [2.75, 3.05) is 17.2 Å². The van der Waals surface area contributed by atoms with E-state index in [-0.39, 0.29) is 0 Å². The summed E-state index contributed by atoms with van der Waals surface area (Å²) in [6.45, 7) is 4.74. The maximum absolute atomic E-state index is 6.13. The molecule has 0 radical (unpaired) electrons. The van der Waals surface area contributed by atoms with Gasteiger partial charge in [-0.05, 0) is 53.5 Å². The molecule has 1 aromatic heterocycles. The van der Waals surface area contributed by atoms with E-state index in [0.717, 1.165) is 22.3 Å². The van der Waals surface area contributed by atoms with Crippen LogP contribution in [0.25, 0.3) is 0 Å². The normalized spacial score (nSPS) is 10.3. The minimum absolute atomic E-state index is 0.599. The number of hydrogen-bond acceptors (Lipinski definition) is 4. The minimum Gasteiger partial charge on any atom is -0.354 e. The highest BCUT2D eigenvalue weighted by atomic mass is 79.9. The quantitative estimate of drug-likeness (QED) is 0.866. The molecule has 0 fully saturated rings. The van der Waals surface area contributed by atoms with Crippen molar-refractivity contribution in [3.8, 4) is 0 Å². The lowest BCUT2D eigenvalue weighted by Gasteiger charge is -2.10. The first-order chi connectivity index (χ1) is 9.10. The Morgan fingerprint density at radius 3 is 2.89 bits per heavy atom. The molecule has 0 aliphatic heterocycles. The minimum atomic E-state index is 0.599. The van der Waals surface area contributed by atoms with Crippen LogP contribution in [-0.2, 0) is 0 Å². The van der Waals surface area contributed by atoms with Crippen LogP contribution in [0.4, 0.5) is 17.5 Å². The summed E-state index contributed by atoms with van der Waals surface area (Å²) in [5, 5.41) is 7.00. The summed E-state index contributed by atoms with van der Waals surface area (Å²) in [5.41, 5.74) is 1.90. The van der Waals surface area contributed by atoms with Crippen LogP contribution in [0.3, 0.4) is 0 Å². The van der Waals surface area contributed by atoms with Gasteiger partial charge in [0.25, 0.3) is 0 Å². The number of rotatable bonds is 4. The van der Waals surface area contributed by atoms with E-state index in [4.69, 9.17) is 11.6 Å². The van der Waals surface area contributed by atoms with Crippen molar-refractivity contribution in [2.24, 2.45) is 0 Å². The van der Waals surface area contributed by atoms with E-state index in [9.17, 15) is 0 Å². The van der Waals surface area contributed by atoms with E-state index < -0.39 is 0 Å². The van der Waals surface area contributed by atoms with Gasteiger partial charge in [-0.3, -0.25) is 0 Å². The van der Waals surface area contributed by atoms with Gasteiger partial charge in [0.15, 0.2) is 0 Å².